The highest BCUT2D eigenvalue weighted by atomic mass is 16.5. The predicted octanol–water partition coefficient (Wildman–Crippen LogP) is 3.47. The second kappa shape index (κ2) is 5.43. The van der Waals surface area contributed by atoms with E-state index in [1.54, 1.807) is 6.92 Å². The summed E-state index contributed by atoms with van der Waals surface area (Å²) in [5.74, 6) is 0.679. The second-order valence-corrected chi connectivity index (χ2v) is 5.23. The molecule has 0 unspecified atom stereocenters. The number of hydrogen-bond acceptors (Lipinski definition) is 5. The zero-order chi connectivity index (χ0) is 16.7. The maximum atomic E-state index is 12.9. The third-order valence-corrected chi connectivity index (χ3v) is 3.90. The van der Waals surface area contributed by atoms with Gasteiger partial charge in [-0.2, -0.15) is 0 Å². The summed E-state index contributed by atoms with van der Waals surface area (Å²) >= 11 is 0. The summed E-state index contributed by atoms with van der Waals surface area (Å²) in [5, 5.41) is 1.73. The molecule has 5 nitrogen and oxygen atoms in total. The van der Waals surface area contributed by atoms with Gasteiger partial charge in [-0.05, 0) is 13.8 Å². The molecule has 0 fully saturated rings. The number of carbonyl (C=O) groups excluding carboxylic acids is 1. The van der Waals surface area contributed by atoms with Crippen LogP contribution in [-0.2, 0) is 0 Å². The molecule has 0 spiro atoms. The highest BCUT2D eigenvalue weighted by Gasteiger charge is 2.24. The third-order valence-electron chi connectivity index (χ3n) is 3.90. The number of methoxy groups -OCH3 is 2. The van der Waals surface area contributed by atoms with Crippen molar-refractivity contribution in [1.82, 2.24) is 0 Å². The molecule has 0 aliphatic heterocycles. The topological polar surface area (TPSA) is 65.7 Å². The van der Waals surface area contributed by atoms with Crippen molar-refractivity contribution in [3.05, 3.63) is 45.8 Å². The second-order valence-electron chi connectivity index (χ2n) is 5.23. The average molecular weight is 312 g/mol. The summed E-state index contributed by atoms with van der Waals surface area (Å²) in [5.41, 5.74) is 0.0241. The van der Waals surface area contributed by atoms with Crippen molar-refractivity contribution >= 4 is 27.5 Å². The van der Waals surface area contributed by atoms with Gasteiger partial charge in [-0.3, -0.25) is 9.59 Å². The zero-order valence-electron chi connectivity index (χ0n) is 13.4. The summed E-state index contributed by atoms with van der Waals surface area (Å²) in [6.45, 7) is 2.96. The lowest BCUT2D eigenvalue weighted by Crippen LogP contribution is -2.16. The molecule has 5 heteroatoms. The summed E-state index contributed by atoms with van der Waals surface area (Å²) < 4.78 is 16.7. The first kappa shape index (κ1) is 15.1. The number of ether oxygens (including phenoxy) is 2. The first-order chi connectivity index (χ1) is 11.0. The Labute approximate surface area is 132 Å². The molecule has 0 bridgehead atoms. The fourth-order valence-corrected chi connectivity index (χ4v) is 2.96. The van der Waals surface area contributed by atoms with Crippen LogP contribution in [0.15, 0.2) is 33.5 Å². The van der Waals surface area contributed by atoms with Crippen LogP contribution in [0, 0.1) is 6.92 Å². The van der Waals surface area contributed by atoms with Crippen molar-refractivity contribution in [3.63, 3.8) is 0 Å². The molecule has 0 saturated carbocycles. The van der Waals surface area contributed by atoms with Crippen LogP contribution in [-0.4, -0.2) is 20.0 Å². The van der Waals surface area contributed by atoms with Gasteiger partial charge >= 0.3 is 0 Å². The summed E-state index contributed by atoms with van der Waals surface area (Å²) in [6, 6.07) is 7.42. The van der Waals surface area contributed by atoms with Crippen LogP contribution in [0.1, 0.15) is 23.0 Å². The van der Waals surface area contributed by atoms with Crippen LogP contribution in [0.3, 0.4) is 0 Å². The average Bonchev–Trinajstić information content (AvgIpc) is 2.53. The molecule has 0 aliphatic rings. The molecule has 1 heterocycles. The van der Waals surface area contributed by atoms with Gasteiger partial charge in [0.2, 0.25) is 5.43 Å². The van der Waals surface area contributed by atoms with Crippen molar-refractivity contribution in [2.75, 3.05) is 14.2 Å². The van der Waals surface area contributed by atoms with Crippen LogP contribution in [0.4, 0.5) is 0 Å². The summed E-state index contributed by atoms with van der Waals surface area (Å²) in [7, 11) is 2.97. The largest absolute Gasteiger partial charge is 0.492 e. The lowest BCUT2D eigenvalue weighted by molar-refractivity contribution is 0.101. The van der Waals surface area contributed by atoms with Crippen LogP contribution in [0.2, 0.25) is 0 Å². The van der Waals surface area contributed by atoms with Gasteiger partial charge in [0.25, 0.3) is 0 Å². The standard InChI is InChI=1S/C18H16O5/c1-9(19)13-10(2)23-16-11-7-5-6-8-12(11)17(21-3)18(22-4)14(16)15(13)20/h5-8H,1-4H3. The summed E-state index contributed by atoms with van der Waals surface area (Å²) in [6.07, 6.45) is 0. The van der Waals surface area contributed by atoms with Gasteiger partial charge in [0, 0.05) is 10.8 Å². The maximum absolute atomic E-state index is 12.9. The van der Waals surface area contributed by atoms with Gasteiger partial charge in [-0.1, -0.05) is 24.3 Å². The van der Waals surface area contributed by atoms with Crippen molar-refractivity contribution in [3.8, 4) is 11.5 Å². The molecule has 2 aromatic carbocycles. The van der Waals surface area contributed by atoms with E-state index in [0.717, 1.165) is 10.8 Å². The number of hydrogen-bond donors (Lipinski definition) is 0. The lowest BCUT2D eigenvalue weighted by Gasteiger charge is -2.15. The number of carbonyl (C=O) groups is 1. The van der Waals surface area contributed by atoms with E-state index in [9.17, 15) is 9.59 Å². The first-order valence-corrected chi connectivity index (χ1v) is 7.12. The van der Waals surface area contributed by atoms with Crippen LogP contribution >= 0.6 is 0 Å². The Morgan fingerprint density at radius 2 is 1.65 bits per heavy atom. The third kappa shape index (κ3) is 2.08. The van der Waals surface area contributed by atoms with E-state index in [4.69, 9.17) is 13.9 Å². The monoisotopic (exact) mass is 312 g/mol. The van der Waals surface area contributed by atoms with E-state index in [1.165, 1.54) is 21.1 Å². The Balaban J connectivity index is 2.69. The predicted molar refractivity (Wildman–Crippen MR) is 87.8 cm³/mol. The quantitative estimate of drug-likeness (QED) is 0.547. The Morgan fingerprint density at radius 3 is 2.22 bits per heavy atom. The smallest absolute Gasteiger partial charge is 0.207 e. The van der Waals surface area contributed by atoms with E-state index in [-0.39, 0.29) is 22.5 Å². The number of benzene rings is 2. The highest BCUT2D eigenvalue weighted by Crippen LogP contribution is 2.42. The van der Waals surface area contributed by atoms with Gasteiger partial charge < -0.3 is 13.9 Å². The van der Waals surface area contributed by atoms with Crippen LogP contribution < -0.4 is 14.9 Å². The van der Waals surface area contributed by atoms with Gasteiger partial charge in [0.1, 0.15) is 22.3 Å². The Bertz CT molecular complexity index is 998. The van der Waals surface area contributed by atoms with Crippen molar-refractivity contribution in [2.45, 2.75) is 13.8 Å². The first-order valence-electron chi connectivity index (χ1n) is 7.12. The molecule has 3 rings (SSSR count). The molecule has 118 valence electrons. The number of rotatable bonds is 3. The molecular weight excluding hydrogens is 296 g/mol. The number of fused-ring (bicyclic) bond motifs is 3. The Hall–Kier alpha value is -2.82. The van der Waals surface area contributed by atoms with E-state index in [2.05, 4.69) is 0 Å². The lowest BCUT2D eigenvalue weighted by atomic mass is 10.0. The van der Waals surface area contributed by atoms with Gasteiger partial charge in [0.15, 0.2) is 17.3 Å². The van der Waals surface area contributed by atoms with Crippen molar-refractivity contribution in [2.24, 2.45) is 0 Å². The molecule has 1 aromatic heterocycles. The molecule has 23 heavy (non-hydrogen) atoms. The minimum Gasteiger partial charge on any atom is -0.492 e. The number of Topliss-reactive ketones (excluding diaryl/α,β-unsaturated/α-hetero) is 1. The van der Waals surface area contributed by atoms with Crippen LogP contribution in [0.25, 0.3) is 21.7 Å². The summed E-state index contributed by atoms with van der Waals surface area (Å²) in [4.78, 5) is 24.7. The van der Waals surface area contributed by atoms with Gasteiger partial charge in [-0.15, -0.1) is 0 Å². The van der Waals surface area contributed by atoms with Gasteiger partial charge in [-0.25, -0.2) is 0 Å². The van der Waals surface area contributed by atoms with E-state index in [0.29, 0.717) is 17.1 Å². The Morgan fingerprint density at radius 1 is 1.04 bits per heavy atom. The number of aryl methyl sites for hydroxylation is 1. The molecule has 0 atom stereocenters. The minimum atomic E-state index is -0.405. The molecule has 0 aliphatic carbocycles. The minimum absolute atomic E-state index is 0.0353. The number of ketones is 1. The van der Waals surface area contributed by atoms with Crippen molar-refractivity contribution < 1.29 is 18.7 Å². The molecular formula is C18H16O5. The molecule has 0 N–H and O–H groups in total. The zero-order valence-corrected chi connectivity index (χ0v) is 13.4. The van der Waals surface area contributed by atoms with E-state index >= 15 is 0 Å². The van der Waals surface area contributed by atoms with E-state index in [1.807, 2.05) is 24.3 Å². The highest BCUT2D eigenvalue weighted by molar-refractivity contribution is 6.12. The van der Waals surface area contributed by atoms with E-state index < -0.39 is 5.43 Å². The normalized spacial score (nSPS) is 11.0. The SMILES string of the molecule is COc1c(OC)c2c(=O)c(C(C)=O)c(C)oc2c2ccccc12. The van der Waals surface area contributed by atoms with Crippen molar-refractivity contribution in [1.29, 1.82) is 0 Å². The fraction of sp³-hybridized carbons (Fsp3) is 0.222. The maximum Gasteiger partial charge on any atom is 0.207 e. The molecule has 3 aromatic rings. The molecule has 0 amide bonds. The molecule has 0 radical (unpaired) electrons. The van der Waals surface area contributed by atoms with Gasteiger partial charge in [0.05, 0.1) is 14.2 Å². The fourth-order valence-electron chi connectivity index (χ4n) is 2.96. The molecule has 0 saturated heterocycles. The Kier molecular flexibility index (Phi) is 3.56. The van der Waals surface area contributed by atoms with Crippen LogP contribution in [0.5, 0.6) is 11.5 Å².